The molecular weight excluding hydrogens is 324 g/mol. The Kier molecular flexibility index (Phi) is 5.94. The lowest BCUT2D eigenvalue weighted by Crippen LogP contribution is -2.31. The standard InChI is InChI=1S/C18H20N2O5/c1-13-6-4-5-7-16(13)25-11-10-19(2)18(21)15-12-14(20(22)23)8-9-17(15)24-3/h4-9,12H,10-11H2,1-3H3. The summed E-state index contributed by atoms with van der Waals surface area (Å²) in [5, 5.41) is 10.9. The number of likely N-dealkylation sites (N-methyl/N-ethyl adjacent to an activating group) is 1. The molecule has 1 amide bonds. The van der Waals surface area contributed by atoms with Gasteiger partial charge in [-0.1, -0.05) is 18.2 Å². The number of ether oxygens (including phenoxy) is 2. The van der Waals surface area contributed by atoms with Crippen LogP contribution in [0, 0.1) is 17.0 Å². The van der Waals surface area contributed by atoms with Crippen molar-refractivity contribution in [3.05, 3.63) is 63.7 Å². The Bertz CT molecular complexity index is 776. The van der Waals surface area contributed by atoms with Crippen LogP contribution in [-0.4, -0.2) is 43.0 Å². The number of nitro benzene ring substituents is 1. The topological polar surface area (TPSA) is 81.9 Å². The van der Waals surface area contributed by atoms with Gasteiger partial charge in [0.1, 0.15) is 18.1 Å². The van der Waals surface area contributed by atoms with Crippen LogP contribution in [0.1, 0.15) is 15.9 Å². The van der Waals surface area contributed by atoms with Crippen LogP contribution < -0.4 is 9.47 Å². The zero-order valence-electron chi connectivity index (χ0n) is 14.4. The van der Waals surface area contributed by atoms with E-state index in [2.05, 4.69) is 0 Å². The molecule has 0 heterocycles. The van der Waals surface area contributed by atoms with Crippen molar-refractivity contribution in [2.24, 2.45) is 0 Å². The lowest BCUT2D eigenvalue weighted by Gasteiger charge is -2.19. The van der Waals surface area contributed by atoms with E-state index in [0.717, 1.165) is 11.3 Å². The number of amides is 1. The normalized spacial score (nSPS) is 10.2. The number of carbonyl (C=O) groups is 1. The van der Waals surface area contributed by atoms with E-state index in [-0.39, 0.29) is 17.2 Å². The van der Waals surface area contributed by atoms with Crippen LogP contribution in [0.3, 0.4) is 0 Å². The van der Waals surface area contributed by atoms with Gasteiger partial charge in [-0.3, -0.25) is 14.9 Å². The molecule has 0 aliphatic carbocycles. The Morgan fingerprint density at radius 1 is 1.20 bits per heavy atom. The van der Waals surface area contributed by atoms with Gasteiger partial charge in [-0.05, 0) is 24.6 Å². The van der Waals surface area contributed by atoms with E-state index < -0.39 is 4.92 Å². The van der Waals surface area contributed by atoms with Crippen molar-refractivity contribution in [2.45, 2.75) is 6.92 Å². The first-order valence-electron chi connectivity index (χ1n) is 7.70. The van der Waals surface area contributed by atoms with Crippen LogP contribution in [0.15, 0.2) is 42.5 Å². The van der Waals surface area contributed by atoms with Crippen LogP contribution >= 0.6 is 0 Å². The number of hydrogen-bond acceptors (Lipinski definition) is 5. The van der Waals surface area contributed by atoms with Gasteiger partial charge in [-0.15, -0.1) is 0 Å². The fraction of sp³-hybridized carbons (Fsp3) is 0.278. The molecular formula is C18H20N2O5. The molecule has 25 heavy (non-hydrogen) atoms. The van der Waals surface area contributed by atoms with E-state index in [1.165, 1.54) is 30.2 Å². The molecule has 0 aliphatic rings. The average Bonchev–Trinajstić information content (AvgIpc) is 2.61. The van der Waals surface area contributed by atoms with Crippen molar-refractivity contribution < 1.29 is 19.2 Å². The monoisotopic (exact) mass is 344 g/mol. The number of nitrogens with zero attached hydrogens (tertiary/aromatic N) is 2. The van der Waals surface area contributed by atoms with Gasteiger partial charge in [0.25, 0.3) is 11.6 Å². The molecule has 0 radical (unpaired) electrons. The molecule has 0 N–H and O–H groups in total. The number of carbonyl (C=O) groups excluding carboxylic acids is 1. The highest BCUT2D eigenvalue weighted by molar-refractivity contribution is 5.97. The molecule has 2 rings (SSSR count). The van der Waals surface area contributed by atoms with Gasteiger partial charge in [0.2, 0.25) is 0 Å². The minimum Gasteiger partial charge on any atom is -0.496 e. The molecule has 0 fully saturated rings. The number of hydrogen-bond donors (Lipinski definition) is 0. The molecule has 0 atom stereocenters. The lowest BCUT2D eigenvalue weighted by molar-refractivity contribution is -0.384. The highest BCUT2D eigenvalue weighted by atomic mass is 16.6. The molecule has 2 aromatic rings. The molecule has 0 spiro atoms. The second kappa shape index (κ2) is 8.14. The fourth-order valence-electron chi connectivity index (χ4n) is 2.29. The average molecular weight is 344 g/mol. The van der Waals surface area contributed by atoms with Crippen molar-refractivity contribution in [3.63, 3.8) is 0 Å². The van der Waals surface area contributed by atoms with Gasteiger partial charge < -0.3 is 14.4 Å². The molecule has 0 bridgehead atoms. The second-order valence-electron chi connectivity index (χ2n) is 5.48. The minimum absolute atomic E-state index is 0.148. The summed E-state index contributed by atoms with van der Waals surface area (Å²) in [5.41, 5.74) is 1.00. The van der Waals surface area contributed by atoms with E-state index >= 15 is 0 Å². The van der Waals surface area contributed by atoms with Gasteiger partial charge in [-0.2, -0.15) is 0 Å². The van der Waals surface area contributed by atoms with E-state index in [4.69, 9.17) is 9.47 Å². The maximum atomic E-state index is 12.6. The first-order valence-corrected chi connectivity index (χ1v) is 7.70. The van der Waals surface area contributed by atoms with E-state index in [1.54, 1.807) is 7.05 Å². The second-order valence-corrected chi connectivity index (χ2v) is 5.48. The summed E-state index contributed by atoms with van der Waals surface area (Å²) in [6.45, 7) is 2.58. The van der Waals surface area contributed by atoms with Crippen molar-refractivity contribution in [2.75, 3.05) is 27.3 Å². The summed E-state index contributed by atoms with van der Waals surface area (Å²) in [6, 6.07) is 11.6. The number of para-hydroxylation sites is 1. The maximum absolute atomic E-state index is 12.6. The van der Waals surface area contributed by atoms with E-state index in [1.807, 2.05) is 31.2 Å². The van der Waals surface area contributed by atoms with Crippen LogP contribution in [0.25, 0.3) is 0 Å². The van der Waals surface area contributed by atoms with Gasteiger partial charge >= 0.3 is 0 Å². The predicted octanol–water partition coefficient (Wildman–Crippen LogP) is 3.06. The molecule has 0 saturated carbocycles. The van der Waals surface area contributed by atoms with Crippen molar-refractivity contribution >= 4 is 11.6 Å². The number of rotatable bonds is 7. The third-order valence-electron chi connectivity index (χ3n) is 3.75. The molecule has 0 aliphatic heterocycles. The summed E-state index contributed by atoms with van der Waals surface area (Å²) in [4.78, 5) is 24.4. The third kappa shape index (κ3) is 4.47. The largest absolute Gasteiger partial charge is 0.496 e. The third-order valence-corrected chi connectivity index (χ3v) is 3.75. The zero-order valence-corrected chi connectivity index (χ0v) is 14.4. The number of methoxy groups -OCH3 is 1. The first kappa shape index (κ1) is 18.3. The highest BCUT2D eigenvalue weighted by Gasteiger charge is 2.20. The maximum Gasteiger partial charge on any atom is 0.270 e. The van der Waals surface area contributed by atoms with Crippen molar-refractivity contribution in [1.29, 1.82) is 0 Å². The number of benzene rings is 2. The lowest BCUT2D eigenvalue weighted by atomic mass is 10.1. The predicted molar refractivity (Wildman–Crippen MR) is 93.3 cm³/mol. The van der Waals surface area contributed by atoms with Gasteiger partial charge in [0.05, 0.1) is 24.1 Å². The Balaban J connectivity index is 2.05. The first-order chi connectivity index (χ1) is 11.9. The zero-order chi connectivity index (χ0) is 18.4. The smallest absolute Gasteiger partial charge is 0.270 e. The molecule has 7 nitrogen and oxygen atoms in total. The molecule has 0 unspecified atom stereocenters. The van der Waals surface area contributed by atoms with Crippen molar-refractivity contribution in [3.8, 4) is 11.5 Å². The molecule has 7 heteroatoms. The minimum atomic E-state index is -0.544. The summed E-state index contributed by atoms with van der Waals surface area (Å²) < 4.78 is 10.8. The fourth-order valence-corrected chi connectivity index (χ4v) is 2.29. The Hall–Kier alpha value is -3.09. The highest BCUT2D eigenvalue weighted by Crippen LogP contribution is 2.25. The number of nitro groups is 1. The van der Waals surface area contributed by atoms with Crippen LogP contribution in [0.5, 0.6) is 11.5 Å². The van der Waals surface area contributed by atoms with E-state index in [0.29, 0.717) is 18.9 Å². The molecule has 0 saturated heterocycles. The summed E-state index contributed by atoms with van der Waals surface area (Å²) in [7, 11) is 3.03. The van der Waals surface area contributed by atoms with Crippen molar-refractivity contribution in [1.82, 2.24) is 4.90 Å². The van der Waals surface area contributed by atoms with Gasteiger partial charge in [0, 0.05) is 19.2 Å². The van der Waals surface area contributed by atoms with Gasteiger partial charge in [-0.25, -0.2) is 0 Å². The Morgan fingerprint density at radius 2 is 1.92 bits per heavy atom. The number of non-ortho nitro benzene ring substituents is 1. The summed E-state index contributed by atoms with van der Waals surface area (Å²) in [5.74, 6) is 0.687. The quantitative estimate of drug-likeness (QED) is 0.569. The molecule has 2 aromatic carbocycles. The molecule has 132 valence electrons. The summed E-state index contributed by atoms with van der Waals surface area (Å²) >= 11 is 0. The van der Waals surface area contributed by atoms with Gasteiger partial charge in [0.15, 0.2) is 0 Å². The van der Waals surface area contributed by atoms with Crippen LogP contribution in [0.4, 0.5) is 5.69 Å². The van der Waals surface area contributed by atoms with Crippen LogP contribution in [0.2, 0.25) is 0 Å². The Labute approximate surface area is 145 Å². The SMILES string of the molecule is COc1ccc([N+](=O)[O-])cc1C(=O)N(C)CCOc1ccccc1C. The Morgan fingerprint density at radius 3 is 2.56 bits per heavy atom. The number of aryl methyl sites for hydroxylation is 1. The summed E-state index contributed by atoms with van der Waals surface area (Å²) in [6.07, 6.45) is 0. The molecule has 0 aromatic heterocycles. The van der Waals surface area contributed by atoms with E-state index in [9.17, 15) is 14.9 Å². The van der Waals surface area contributed by atoms with Crippen LogP contribution in [-0.2, 0) is 0 Å².